The van der Waals surface area contributed by atoms with Gasteiger partial charge in [-0.25, -0.2) is 0 Å². The third-order valence-electron chi connectivity index (χ3n) is 9.08. The highest BCUT2D eigenvalue weighted by molar-refractivity contribution is 6.26. The summed E-state index contributed by atoms with van der Waals surface area (Å²) in [5, 5.41) is 15.6. The summed E-state index contributed by atoms with van der Waals surface area (Å²) >= 11 is 0. The van der Waals surface area contributed by atoms with Gasteiger partial charge in [-0.3, -0.25) is 44.3 Å². The maximum atomic E-state index is 13.2. The van der Waals surface area contributed by atoms with Crippen LogP contribution in [0.4, 0.5) is 11.4 Å². The summed E-state index contributed by atoms with van der Waals surface area (Å²) in [6.07, 6.45) is 2.41. The average Bonchev–Trinajstić information content (AvgIpc) is 3.50. The number of imide groups is 2. The van der Waals surface area contributed by atoms with Gasteiger partial charge in [-0.15, -0.1) is 0 Å². The predicted molar refractivity (Wildman–Crippen MR) is 215 cm³/mol. The Bertz CT molecular complexity index is 1690. The van der Waals surface area contributed by atoms with Crippen LogP contribution in [0.15, 0.2) is 42.5 Å². The van der Waals surface area contributed by atoms with Crippen molar-refractivity contribution in [3.8, 4) is 5.75 Å². The quantitative estimate of drug-likeness (QED) is 0.0445. The Kier molecular flexibility index (Phi) is 22.8. The number of rotatable bonds is 34. The molecule has 1 unspecified atom stereocenters. The molecule has 0 radical (unpaired) electrons. The number of nitro groups is 1. The molecule has 2 aliphatic heterocycles. The molecule has 20 nitrogen and oxygen atoms in total. The van der Waals surface area contributed by atoms with Crippen LogP contribution >= 0.6 is 0 Å². The molecular weight excluding hydrogens is 804 g/mol. The summed E-state index contributed by atoms with van der Waals surface area (Å²) < 4.78 is 49.4. The molecular formula is C41H56N4O16. The zero-order chi connectivity index (χ0) is 43.5. The lowest BCUT2D eigenvalue weighted by atomic mass is 10.0. The summed E-state index contributed by atoms with van der Waals surface area (Å²) in [6, 6.07) is 9.37. The van der Waals surface area contributed by atoms with Crippen molar-refractivity contribution in [2.45, 2.75) is 44.6 Å². The van der Waals surface area contributed by atoms with E-state index in [1.54, 1.807) is 24.3 Å². The van der Waals surface area contributed by atoms with Gasteiger partial charge in [0.15, 0.2) is 0 Å². The normalized spacial score (nSPS) is 15.0. The number of ether oxygens (including phenoxy) is 9. The van der Waals surface area contributed by atoms with E-state index in [9.17, 15) is 34.1 Å². The molecule has 2 heterocycles. The number of anilines is 1. The molecule has 1 fully saturated rings. The second kappa shape index (κ2) is 28.6. The average molecular weight is 861 g/mol. The number of benzene rings is 2. The van der Waals surface area contributed by atoms with Gasteiger partial charge in [0.05, 0.1) is 121 Å². The summed E-state index contributed by atoms with van der Waals surface area (Å²) in [5.74, 6) is -2.20. The Hall–Kier alpha value is -4.93. The van der Waals surface area contributed by atoms with Crippen LogP contribution in [0.2, 0.25) is 0 Å². The molecule has 5 amide bonds. The van der Waals surface area contributed by atoms with E-state index in [-0.39, 0.29) is 47.7 Å². The van der Waals surface area contributed by atoms with E-state index in [1.165, 1.54) is 18.2 Å². The molecule has 0 aromatic heterocycles. The van der Waals surface area contributed by atoms with Crippen molar-refractivity contribution < 1.29 is 71.5 Å². The van der Waals surface area contributed by atoms with Crippen LogP contribution in [0.25, 0.3) is 0 Å². The maximum Gasteiger partial charge on any atom is 0.269 e. The maximum absolute atomic E-state index is 13.2. The van der Waals surface area contributed by atoms with Crippen molar-refractivity contribution in [3.05, 3.63) is 63.7 Å². The van der Waals surface area contributed by atoms with Crippen LogP contribution in [0.3, 0.4) is 0 Å². The molecule has 336 valence electrons. The van der Waals surface area contributed by atoms with Crippen molar-refractivity contribution in [1.29, 1.82) is 0 Å². The van der Waals surface area contributed by atoms with Gasteiger partial charge in [-0.05, 0) is 43.5 Å². The molecule has 0 bridgehead atoms. The number of non-ortho nitro benzene ring substituents is 1. The Labute approximate surface area is 353 Å². The number of hydrogen-bond donors (Lipinski definition) is 2. The third-order valence-corrected chi connectivity index (χ3v) is 9.08. The van der Waals surface area contributed by atoms with Crippen molar-refractivity contribution in [1.82, 2.24) is 10.2 Å². The number of hydrogen-bond acceptors (Lipinski definition) is 16. The van der Waals surface area contributed by atoms with Crippen LogP contribution in [0.1, 0.15) is 59.2 Å². The first-order chi connectivity index (χ1) is 29.8. The Morgan fingerprint density at radius 3 is 1.67 bits per heavy atom. The van der Waals surface area contributed by atoms with Gasteiger partial charge in [-0.2, -0.15) is 0 Å². The second-order valence-electron chi connectivity index (χ2n) is 13.5. The molecule has 0 aliphatic carbocycles. The molecule has 0 saturated carbocycles. The first-order valence-corrected chi connectivity index (χ1v) is 20.4. The minimum atomic E-state index is -1.08. The summed E-state index contributed by atoms with van der Waals surface area (Å²) in [5.41, 5.74) is 0.376. The number of carbonyl (C=O) groups is 5. The van der Waals surface area contributed by atoms with Gasteiger partial charge in [-0.1, -0.05) is 12.5 Å². The number of carbonyl (C=O) groups excluding carboxylic acids is 5. The van der Waals surface area contributed by atoms with Gasteiger partial charge < -0.3 is 47.9 Å². The van der Waals surface area contributed by atoms with Gasteiger partial charge in [0.25, 0.3) is 17.5 Å². The van der Waals surface area contributed by atoms with E-state index in [0.29, 0.717) is 124 Å². The molecule has 2 aromatic carbocycles. The van der Waals surface area contributed by atoms with E-state index in [0.717, 1.165) is 17.7 Å². The number of unbranched alkanes of at least 4 members (excludes halogenated alkanes) is 2. The molecule has 2 aromatic rings. The standard InChI is InChI=1S/C41H56N4O16/c46-36(42-34-6-4-5-33-38(34)41(50)44(40(33)49)35-12-13-37(47)43-39(35)48)7-2-1-3-14-53-15-16-54-17-18-55-19-20-56-21-22-57-23-24-58-25-26-59-27-28-60-29-30-61-32-10-8-31(9-11-32)45(51)52/h4-6,8-11,35H,1-3,7,12-30H2,(H,42,46)(H,43,47,48). The summed E-state index contributed by atoms with van der Waals surface area (Å²) in [6.45, 7) is 7.35. The fourth-order valence-corrected chi connectivity index (χ4v) is 6.02. The monoisotopic (exact) mass is 860 g/mol. The minimum Gasteiger partial charge on any atom is -0.491 e. The van der Waals surface area contributed by atoms with Crippen LogP contribution in [-0.4, -0.2) is 158 Å². The van der Waals surface area contributed by atoms with Crippen molar-refractivity contribution >= 4 is 40.9 Å². The Morgan fingerprint density at radius 2 is 1.16 bits per heavy atom. The van der Waals surface area contributed by atoms with Crippen LogP contribution < -0.4 is 15.4 Å². The van der Waals surface area contributed by atoms with E-state index < -0.39 is 34.6 Å². The van der Waals surface area contributed by atoms with Gasteiger partial charge in [0.1, 0.15) is 18.4 Å². The minimum absolute atomic E-state index is 0.0127. The largest absolute Gasteiger partial charge is 0.491 e. The molecule has 0 spiro atoms. The zero-order valence-electron chi connectivity index (χ0n) is 34.3. The van der Waals surface area contributed by atoms with E-state index in [1.807, 2.05) is 0 Å². The lowest BCUT2D eigenvalue weighted by molar-refractivity contribution is -0.384. The Morgan fingerprint density at radius 1 is 0.656 bits per heavy atom. The first kappa shape index (κ1) is 48.7. The number of nitrogens with zero attached hydrogens (tertiary/aromatic N) is 2. The fraction of sp³-hybridized carbons (Fsp3) is 0.585. The number of fused-ring (bicyclic) bond motifs is 1. The number of amides is 5. The smallest absolute Gasteiger partial charge is 0.269 e. The molecule has 2 aliphatic rings. The highest BCUT2D eigenvalue weighted by atomic mass is 16.6. The Balaban J connectivity index is 0.841. The van der Waals surface area contributed by atoms with E-state index in [2.05, 4.69) is 10.6 Å². The lowest BCUT2D eigenvalue weighted by Crippen LogP contribution is -2.54. The number of nitro benzene ring substituents is 1. The molecule has 61 heavy (non-hydrogen) atoms. The third kappa shape index (κ3) is 17.9. The van der Waals surface area contributed by atoms with Gasteiger partial charge in [0, 0.05) is 31.6 Å². The molecule has 20 heteroatoms. The molecule has 1 saturated heterocycles. The van der Waals surface area contributed by atoms with E-state index >= 15 is 0 Å². The number of nitrogens with one attached hydrogen (secondary N) is 2. The van der Waals surface area contributed by atoms with Crippen LogP contribution in [0.5, 0.6) is 5.75 Å². The SMILES string of the molecule is O=C1CCC(N2C(=O)c3cccc(NC(=O)CCCCCOCCOCCOCCOCCOCCOCCOCCOCCOc4ccc([N+](=O)[O-])cc4)c3C2=O)C(=O)N1. The van der Waals surface area contributed by atoms with Gasteiger partial charge >= 0.3 is 0 Å². The van der Waals surface area contributed by atoms with E-state index in [4.69, 9.17) is 42.6 Å². The highest BCUT2D eigenvalue weighted by Gasteiger charge is 2.45. The molecule has 4 rings (SSSR count). The van der Waals surface area contributed by atoms with Crippen molar-refractivity contribution in [2.75, 3.05) is 118 Å². The highest BCUT2D eigenvalue weighted by Crippen LogP contribution is 2.32. The fourth-order valence-electron chi connectivity index (χ4n) is 6.02. The number of piperidine rings is 1. The first-order valence-electron chi connectivity index (χ1n) is 20.4. The van der Waals surface area contributed by atoms with Crippen LogP contribution in [0, 0.1) is 10.1 Å². The van der Waals surface area contributed by atoms with Gasteiger partial charge in [0.2, 0.25) is 17.7 Å². The topological polar surface area (TPSA) is 239 Å². The predicted octanol–water partition coefficient (Wildman–Crippen LogP) is 2.71. The molecule has 1 atom stereocenters. The van der Waals surface area contributed by atoms with Crippen LogP contribution in [-0.2, 0) is 52.3 Å². The molecule has 2 N–H and O–H groups in total. The summed E-state index contributed by atoms with van der Waals surface area (Å²) in [4.78, 5) is 73.8. The zero-order valence-corrected chi connectivity index (χ0v) is 34.3. The lowest BCUT2D eigenvalue weighted by Gasteiger charge is -2.27. The van der Waals surface area contributed by atoms with Crippen molar-refractivity contribution in [3.63, 3.8) is 0 Å². The second-order valence-corrected chi connectivity index (χ2v) is 13.5. The summed E-state index contributed by atoms with van der Waals surface area (Å²) in [7, 11) is 0. The van der Waals surface area contributed by atoms with Crippen molar-refractivity contribution in [2.24, 2.45) is 0 Å².